The number of carbonyl (C=O) groups excluding carboxylic acids is 1. The Bertz CT molecular complexity index is 468. The summed E-state index contributed by atoms with van der Waals surface area (Å²) in [7, 11) is 2.29. The van der Waals surface area contributed by atoms with Gasteiger partial charge in [-0.15, -0.1) is 0 Å². The van der Waals surface area contributed by atoms with E-state index in [4.69, 9.17) is 0 Å². The van der Waals surface area contributed by atoms with Gasteiger partial charge in [0.2, 0.25) is 0 Å². The molecule has 0 spiro atoms. The van der Waals surface area contributed by atoms with Crippen molar-refractivity contribution >= 4 is 6.29 Å². The van der Waals surface area contributed by atoms with Gasteiger partial charge >= 0.3 is 29.6 Å². The third kappa shape index (κ3) is 39.0. The van der Waals surface area contributed by atoms with Crippen molar-refractivity contribution in [1.82, 2.24) is 0 Å². The van der Waals surface area contributed by atoms with Gasteiger partial charge in [-0.1, -0.05) is 194 Å². The summed E-state index contributed by atoms with van der Waals surface area (Å²) in [6.45, 7) is 7.50. The maximum Gasteiger partial charge on any atom is 1.00 e. The zero-order chi connectivity index (χ0) is 30.0. The number of hydrogen-bond donors (Lipinski definition) is 0. The molecule has 0 rings (SSSR count). The van der Waals surface area contributed by atoms with E-state index in [0.717, 1.165) is 17.6 Å². The van der Waals surface area contributed by atoms with E-state index in [9.17, 15) is 4.79 Å². The third-order valence-corrected chi connectivity index (χ3v) is 9.55. The summed E-state index contributed by atoms with van der Waals surface area (Å²) in [5.41, 5.74) is 0. The molecule has 0 aliphatic carbocycles. The quantitative estimate of drug-likeness (QED) is 0.0311. The van der Waals surface area contributed by atoms with Crippen LogP contribution in [0.25, 0.3) is 0 Å². The molecule has 0 aromatic carbocycles. The molecule has 0 atom stereocenters. The summed E-state index contributed by atoms with van der Waals surface area (Å²) in [4.78, 5) is 11.2. The van der Waals surface area contributed by atoms with Crippen LogP contribution in [-0.4, -0.2) is 37.5 Å². The Hall–Kier alpha value is 0.920. The molecule has 0 heterocycles. The molecule has 0 unspecified atom stereocenters. The predicted octanol–water partition coefficient (Wildman–Crippen LogP) is 7.07. The molecule has 0 aliphatic rings. The molecule has 43 heavy (non-hydrogen) atoms. The fraction of sp³-hybridized carbons (Fsp3) is 0.974. The minimum absolute atomic E-state index is 0. The molecule has 0 bridgehead atoms. The van der Waals surface area contributed by atoms with Gasteiger partial charge in [0.1, 0.15) is 0 Å². The van der Waals surface area contributed by atoms with Crippen molar-refractivity contribution < 1.29 is 51.2 Å². The zero-order valence-electron chi connectivity index (χ0n) is 30.5. The molecule has 0 amide bonds. The molecule has 0 aliphatic heterocycles. The fourth-order valence-electron chi connectivity index (χ4n) is 6.51. The molecule has 0 fully saturated rings. The Morgan fingerprint density at radius 3 is 0.744 bits per heavy atom. The van der Waals surface area contributed by atoms with Crippen molar-refractivity contribution in [2.45, 2.75) is 219 Å². The van der Waals surface area contributed by atoms with Gasteiger partial charge in [-0.05, 0) is 32.2 Å². The molecule has 0 N–H and O–H groups in total. The van der Waals surface area contributed by atoms with Crippen molar-refractivity contribution in [3.63, 3.8) is 0 Å². The number of likely N-dealkylation sites (N-methyl/N-ethyl adjacent to an activating group) is 1. The van der Waals surface area contributed by atoms with Gasteiger partial charge in [0.15, 0.2) is 0 Å². The summed E-state index contributed by atoms with van der Waals surface area (Å²) >= 11 is 0. The van der Waals surface area contributed by atoms with E-state index < -0.39 is 0 Å². The number of rotatable bonds is 36. The second kappa shape index (κ2) is 40.9. The van der Waals surface area contributed by atoms with Crippen LogP contribution in [-0.2, 0) is 4.79 Å². The summed E-state index contributed by atoms with van der Waals surface area (Å²) in [5.74, 6) is 0. The van der Waals surface area contributed by atoms with Gasteiger partial charge in [-0.3, -0.25) is 0 Å². The van der Waals surface area contributed by atoms with Crippen molar-refractivity contribution in [3.05, 3.63) is 0 Å². The van der Waals surface area contributed by atoms with E-state index in [2.05, 4.69) is 27.2 Å². The van der Waals surface area contributed by atoms with E-state index in [1.807, 2.05) is 0 Å². The van der Waals surface area contributed by atoms with Crippen molar-refractivity contribution in [2.75, 3.05) is 26.7 Å². The molecule has 0 saturated carbocycles. The Morgan fingerprint density at radius 1 is 0.372 bits per heavy atom. The fourth-order valence-corrected chi connectivity index (χ4v) is 6.51. The van der Waals surface area contributed by atoms with Crippen LogP contribution < -0.4 is 42.0 Å². The van der Waals surface area contributed by atoms with E-state index >= 15 is 0 Å². The molecule has 2 nitrogen and oxygen atoms in total. The van der Waals surface area contributed by atoms with Crippen molar-refractivity contribution in [2.24, 2.45) is 0 Å². The molecule has 0 radical (unpaired) electrons. The number of hydrogen-bond acceptors (Lipinski definition) is 1. The van der Waals surface area contributed by atoms with Crippen LogP contribution in [0.15, 0.2) is 0 Å². The van der Waals surface area contributed by atoms with E-state index in [0.29, 0.717) is 6.54 Å². The van der Waals surface area contributed by atoms with E-state index in [1.54, 1.807) is 0 Å². The van der Waals surface area contributed by atoms with Crippen molar-refractivity contribution in [1.29, 1.82) is 0 Å². The SMILES string of the molecule is CCCCCCCCCCCCCCCCCC[N+](C)(C[C-]=O)CCCCCCCCCCCCCCCCCC.[Cl-].[Na+]. The molecule has 0 saturated heterocycles. The van der Waals surface area contributed by atoms with Crippen LogP contribution in [0.3, 0.4) is 0 Å². The number of nitrogens with zero attached hydrogens (tertiary/aromatic N) is 1. The van der Waals surface area contributed by atoms with Crippen LogP contribution in [0, 0.1) is 0 Å². The van der Waals surface area contributed by atoms with Crippen LogP contribution in [0.4, 0.5) is 0 Å². The van der Waals surface area contributed by atoms with Gasteiger partial charge in [0.25, 0.3) is 0 Å². The number of halogens is 1. The summed E-state index contributed by atoms with van der Waals surface area (Å²) in [6.07, 6.45) is 47.6. The normalized spacial score (nSPS) is 11.3. The minimum Gasteiger partial charge on any atom is -1.00 e. The van der Waals surface area contributed by atoms with Crippen LogP contribution >= 0.6 is 0 Å². The Morgan fingerprint density at radius 2 is 0.558 bits per heavy atom. The van der Waals surface area contributed by atoms with Gasteiger partial charge in [0.05, 0.1) is 20.1 Å². The summed E-state index contributed by atoms with van der Waals surface area (Å²) in [5, 5.41) is 0. The standard InChI is InChI=1S/C39H79NO.ClH.Na/c1-4-6-8-10-12-14-16-18-20-22-24-26-28-30-32-34-36-40(3,38-39-41)37-35-33-31-29-27-25-23-21-19-17-15-13-11-9-7-5-2;;/h4-38H2,1-3H3;1H;/q;;+1/p-1. The second-order valence-corrected chi connectivity index (χ2v) is 14.0. The Balaban J connectivity index is -0.00000800. The first-order valence-corrected chi connectivity index (χ1v) is 19.4. The second-order valence-electron chi connectivity index (χ2n) is 14.0. The maximum atomic E-state index is 11.2. The van der Waals surface area contributed by atoms with Crippen molar-refractivity contribution in [3.8, 4) is 0 Å². The Kier molecular flexibility index (Phi) is 46.0. The molecule has 0 aromatic heterocycles. The summed E-state index contributed by atoms with van der Waals surface area (Å²) < 4.78 is 0.917. The first-order valence-electron chi connectivity index (χ1n) is 19.4. The average Bonchev–Trinajstić information content (AvgIpc) is 2.97. The van der Waals surface area contributed by atoms with Crippen LogP contribution in [0.5, 0.6) is 0 Å². The van der Waals surface area contributed by atoms with Crippen LogP contribution in [0.2, 0.25) is 0 Å². The summed E-state index contributed by atoms with van der Waals surface area (Å²) in [6, 6.07) is 0. The third-order valence-electron chi connectivity index (χ3n) is 9.55. The first kappa shape index (κ1) is 48.3. The first-order chi connectivity index (χ1) is 20.2. The van der Waals surface area contributed by atoms with Gasteiger partial charge < -0.3 is 21.7 Å². The smallest absolute Gasteiger partial charge is 1.00 e. The van der Waals surface area contributed by atoms with Gasteiger partial charge in [0, 0.05) is 0 Å². The average molecular weight is 637 g/mol. The predicted molar refractivity (Wildman–Crippen MR) is 186 cm³/mol. The van der Waals surface area contributed by atoms with Crippen LogP contribution in [0.1, 0.15) is 219 Å². The minimum atomic E-state index is 0. The largest absolute Gasteiger partial charge is 1.00 e. The number of unbranched alkanes of at least 4 members (excludes halogenated alkanes) is 30. The van der Waals surface area contributed by atoms with E-state index in [-0.39, 0.29) is 42.0 Å². The zero-order valence-corrected chi connectivity index (χ0v) is 33.2. The van der Waals surface area contributed by atoms with E-state index in [1.165, 1.54) is 205 Å². The molecule has 0 aromatic rings. The molecular formula is C39H79ClNNaO. The number of quaternary nitrogens is 1. The Labute approximate surface area is 301 Å². The molecule has 254 valence electrons. The molecule has 4 heteroatoms. The van der Waals surface area contributed by atoms with Gasteiger partial charge in [-0.2, -0.15) is 0 Å². The van der Waals surface area contributed by atoms with Gasteiger partial charge in [-0.25, -0.2) is 6.29 Å². The monoisotopic (exact) mass is 636 g/mol. The topological polar surface area (TPSA) is 17.1 Å². The molecular weight excluding hydrogens is 557 g/mol. The maximum absolute atomic E-state index is 11.2.